The van der Waals surface area contributed by atoms with Crippen molar-refractivity contribution in [2.24, 2.45) is 5.92 Å². The first-order valence-electron chi connectivity index (χ1n) is 5.56. The Morgan fingerprint density at radius 3 is 2.53 bits per heavy atom. The van der Waals surface area contributed by atoms with Gasteiger partial charge in [-0.05, 0) is 31.2 Å². The normalized spacial score (nSPS) is 12.6. The summed E-state index contributed by atoms with van der Waals surface area (Å²) in [5.74, 6) is 0.762. The lowest BCUT2D eigenvalue weighted by Crippen LogP contribution is -2.38. The number of halogens is 1. The number of Topliss-reactive ketones (excluding diaryl/α,β-unsaturated/α-hetero) is 1. The van der Waals surface area contributed by atoms with Crippen molar-refractivity contribution >= 4 is 17.4 Å². The Kier molecular flexibility index (Phi) is 4.97. The number of likely N-dealkylation sites (N-methyl/N-ethyl adjacent to an activating group) is 1. The van der Waals surface area contributed by atoms with Gasteiger partial charge in [-0.15, -0.1) is 0 Å². The molecule has 0 fully saturated rings. The van der Waals surface area contributed by atoms with Crippen molar-refractivity contribution in [3.63, 3.8) is 0 Å². The highest BCUT2D eigenvalue weighted by Crippen LogP contribution is 2.25. The maximum Gasteiger partial charge on any atom is 0.183 e. The zero-order valence-electron chi connectivity index (χ0n) is 10.6. The summed E-state index contributed by atoms with van der Waals surface area (Å²) in [6.07, 6.45) is 0. The number of carbonyl (C=O) groups excluding carboxylic acids is 1. The number of ether oxygens (including phenoxy) is 1. The van der Waals surface area contributed by atoms with Crippen molar-refractivity contribution in [1.29, 1.82) is 0 Å². The Hall–Kier alpha value is -1.06. The SMILES string of the molecule is CNC(C(=O)c1cc(Cl)ccc1OC)C(C)C. The zero-order valence-corrected chi connectivity index (χ0v) is 11.3. The first-order valence-corrected chi connectivity index (χ1v) is 5.94. The minimum absolute atomic E-state index is 0.00171. The van der Waals surface area contributed by atoms with E-state index in [2.05, 4.69) is 5.32 Å². The Balaban J connectivity index is 3.13. The van der Waals surface area contributed by atoms with Gasteiger partial charge >= 0.3 is 0 Å². The third-order valence-corrected chi connectivity index (χ3v) is 2.92. The van der Waals surface area contributed by atoms with Gasteiger partial charge in [0.15, 0.2) is 5.78 Å². The Morgan fingerprint density at radius 1 is 1.41 bits per heavy atom. The van der Waals surface area contributed by atoms with Crippen LogP contribution in [0.3, 0.4) is 0 Å². The van der Waals surface area contributed by atoms with E-state index in [0.29, 0.717) is 16.3 Å². The largest absolute Gasteiger partial charge is 0.496 e. The molecule has 94 valence electrons. The van der Waals surface area contributed by atoms with Crippen molar-refractivity contribution in [2.75, 3.05) is 14.2 Å². The van der Waals surface area contributed by atoms with Gasteiger partial charge in [0.25, 0.3) is 0 Å². The fourth-order valence-electron chi connectivity index (χ4n) is 1.81. The van der Waals surface area contributed by atoms with Gasteiger partial charge < -0.3 is 10.1 Å². The van der Waals surface area contributed by atoms with E-state index >= 15 is 0 Å². The molecule has 1 aromatic carbocycles. The molecule has 1 atom stereocenters. The second-order valence-electron chi connectivity index (χ2n) is 4.22. The molecule has 1 unspecified atom stereocenters. The standard InChI is InChI=1S/C13H18ClNO2/c1-8(2)12(15-3)13(16)10-7-9(14)5-6-11(10)17-4/h5-8,12,15H,1-4H3. The molecule has 17 heavy (non-hydrogen) atoms. The molecule has 1 aromatic rings. The molecule has 0 aliphatic rings. The van der Waals surface area contributed by atoms with Crippen molar-refractivity contribution < 1.29 is 9.53 Å². The lowest BCUT2D eigenvalue weighted by molar-refractivity contribution is 0.0919. The summed E-state index contributed by atoms with van der Waals surface area (Å²) in [7, 11) is 3.32. The highest BCUT2D eigenvalue weighted by molar-refractivity contribution is 6.31. The van der Waals surface area contributed by atoms with Crippen molar-refractivity contribution in [3.05, 3.63) is 28.8 Å². The molecule has 0 bridgehead atoms. The van der Waals surface area contributed by atoms with Gasteiger partial charge in [0.05, 0.1) is 18.7 Å². The van der Waals surface area contributed by atoms with E-state index in [1.54, 1.807) is 32.4 Å². The summed E-state index contributed by atoms with van der Waals surface area (Å²) >= 11 is 5.92. The van der Waals surface area contributed by atoms with Gasteiger partial charge in [-0.1, -0.05) is 25.4 Å². The minimum Gasteiger partial charge on any atom is -0.496 e. The van der Waals surface area contributed by atoms with E-state index in [1.807, 2.05) is 13.8 Å². The number of nitrogens with one attached hydrogen (secondary N) is 1. The lowest BCUT2D eigenvalue weighted by Gasteiger charge is -2.20. The van der Waals surface area contributed by atoms with Crippen LogP contribution < -0.4 is 10.1 Å². The minimum atomic E-state index is -0.234. The van der Waals surface area contributed by atoms with Crippen LogP contribution in [-0.2, 0) is 0 Å². The van der Waals surface area contributed by atoms with Crippen molar-refractivity contribution in [1.82, 2.24) is 5.32 Å². The third kappa shape index (κ3) is 3.20. The van der Waals surface area contributed by atoms with Gasteiger partial charge in [0.1, 0.15) is 5.75 Å². The number of rotatable bonds is 5. The van der Waals surface area contributed by atoms with Crippen LogP contribution in [0.5, 0.6) is 5.75 Å². The molecule has 0 saturated heterocycles. The molecule has 1 N–H and O–H groups in total. The molecule has 0 saturated carbocycles. The second kappa shape index (κ2) is 6.03. The predicted octanol–water partition coefficient (Wildman–Crippen LogP) is 2.78. The third-order valence-electron chi connectivity index (χ3n) is 2.69. The highest BCUT2D eigenvalue weighted by atomic mass is 35.5. The van der Waals surface area contributed by atoms with E-state index in [1.165, 1.54) is 0 Å². The Morgan fingerprint density at radius 2 is 2.06 bits per heavy atom. The average Bonchev–Trinajstić information content (AvgIpc) is 2.29. The second-order valence-corrected chi connectivity index (χ2v) is 4.66. The number of hydrogen-bond acceptors (Lipinski definition) is 3. The van der Waals surface area contributed by atoms with E-state index in [4.69, 9.17) is 16.3 Å². The van der Waals surface area contributed by atoms with Gasteiger partial charge in [-0.25, -0.2) is 0 Å². The summed E-state index contributed by atoms with van der Waals surface area (Å²) in [6, 6.07) is 4.83. The number of benzene rings is 1. The van der Waals surface area contributed by atoms with Crippen LogP contribution in [0.2, 0.25) is 5.02 Å². The van der Waals surface area contributed by atoms with Crippen LogP contribution in [0.15, 0.2) is 18.2 Å². The quantitative estimate of drug-likeness (QED) is 0.823. The van der Waals surface area contributed by atoms with Gasteiger partial charge in [-0.2, -0.15) is 0 Å². The first-order chi connectivity index (χ1) is 8.01. The molecular formula is C13H18ClNO2. The summed E-state index contributed by atoms with van der Waals surface area (Å²) in [5, 5.41) is 3.56. The van der Waals surface area contributed by atoms with Crippen LogP contribution in [0.1, 0.15) is 24.2 Å². The molecule has 3 nitrogen and oxygen atoms in total. The van der Waals surface area contributed by atoms with Crippen molar-refractivity contribution in [2.45, 2.75) is 19.9 Å². The number of carbonyl (C=O) groups is 1. The van der Waals surface area contributed by atoms with Crippen LogP contribution in [-0.4, -0.2) is 26.0 Å². The topological polar surface area (TPSA) is 38.3 Å². The van der Waals surface area contributed by atoms with Gasteiger partial charge in [-0.3, -0.25) is 4.79 Å². The number of hydrogen-bond donors (Lipinski definition) is 1. The predicted molar refractivity (Wildman–Crippen MR) is 70.0 cm³/mol. The molecular weight excluding hydrogens is 238 g/mol. The fourth-order valence-corrected chi connectivity index (χ4v) is 1.98. The smallest absolute Gasteiger partial charge is 0.183 e. The molecule has 0 aliphatic heterocycles. The lowest BCUT2D eigenvalue weighted by atomic mass is 9.94. The van der Waals surface area contributed by atoms with E-state index in [9.17, 15) is 4.79 Å². The fraction of sp³-hybridized carbons (Fsp3) is 0.462. The Labute approximate surface area is 107 Å². The van der Waals surface area contributed by atoms with Crippen LogP contribution in [0.25, 0.3) is 0 Å². The summed E-state index contributed by atoms with van der Waals surface area (Å²) < 4.78 is 5.19. The van der Waals surface area contributed by atoms with Crippen molar-refractivity contribution in [3.8, 4) is 5.75 Å². The molecule has 4 heteroatoms. The molecule has 0 spiro atoms. The summed E-state index contributed by atoms with van der Waals surface area (Å²) in [6.45, 7) is 3.99. The maximum atomic E-state index is 12.3. The van der Waals surface area contributed by atoms with E-state index < -0.39 is 0 Å². The summed E-state index contributed by atoms with van der Waals surface area (Å²) in [5.41, 5.74) is 0.521. The van der Waals surface area contributed by atoms with Gasteiger partial charge in [0, 0.05) is 5.02 Å². The Bertz CT molecular complexity index is 404. The van der Waals surface area contributed by atoms with Crippen LogP contribution in [0.4, 0.5) is 0 Å². The van der Waals surface area contributed by atoms with E-state index in [0.717, 1.165) is 0 Å². The molecule has 0 radical (unpaired) electrons. The molecule has 0 amide bonds. The summed E-state index contributed by atoms with van der Waals surface area (Å²) in [4.78, 5) is 12.3. The van der Waals surface area contributed by atoms with Crippen LogP contribution >= 0.6 is 11.6 Å². The molecule has 0 aliphatic carbocycles. The van der Waals surface area contributed by atoms with E-state index in [-0.39, 0.29) is 17.7 Å². The molecule has 0 aromatic heterocycles. The first kappa shape index (κ1) is 14.0. The number of methoxy groups -OCH3 is 1. The van der Waals surface area contributed by atoms with Gasteiger partial charge in [0.2, 0.25) is 0 Å². The monoisotopic (exact) mass is 255 g/mol. The molecule has 0 heterocycles. The molecule has 1 rings (SSSR count). The zero-order chi connectivity index (χ0) is 13.0. The number of ketones is 1. The maximum absolute atomic E-state index is 12.3. The van der Waals surface area contributed by atoms with Crippen LogP contribution in [0, 0.1) is 5.92 Å². The average molecular weight is 256 g/mol. The highest BCUT2D eigenvalue weighted by Gasteiger charge is 2.24.